The van der Waals surface area contributed by atoms with Gasteiger partial charge in [-0.05, 0) is 55.3 Å². The van der Waals surface area contributed by atoms with Gasteiger partial charge in [-0.3, -0.25) is 9.69 Å². The van der Waals surface area contributed by atoms with Crippen LogP contribution in [0.4, 0.5) is 21.9 Å². The lowest BCUT2D eigenvalue weighted by Gasteiger charge is -2.30. The van der Waals surface area contributed by atoms with Crippen LogP contribution in [0.3, 0.4) is 0 Å². The first-order chi connectivity index (χ1) is 17.6. The van der Waals surface area contributed by atoms with E-state index in [1.165, 1.54) is 11.3 Å². The number of hydrogen-bond acceptors (Lipinski definition) is 6. The van der Waals surface area contributed by atoms with Gasteiger partial charge in [-0.1, -0.05) is 31.0 Å². The molecule has 182 valence electrons. The number of nitrogens with two attached hydrogens (primary N) is 1. The fraction of sp³-hybridized carbons (Fsp3) is 0.222. The highest BCUT2D eigenvalue weighted by molar-refractivity contribution is 7.21. The summed E-state index contributed by atoms with van der Waals surface area (Å²) in [4.78, 5) is 33.7. The lowest BCUT2D eigenvalue weighted by atomic mass is 9.91. The molecule has 36 heavy (non-hydrogen) atoms. The normalized spacial score (nSPS) is 19.1. The van der Waals surface area contributed by atoms with Crippen molar-refractivity contribution >= 4 is 50.6 Å². The van der Waals surface area contributed by atoms with Crippen molar-refractivity contribution < 1.29 is 14.3 Å². The van der Waals surface area contributed by atoms with Crippen LogP contribution in [0.25, 0.3) is 10.2 Å². The number of pyridine rings is 1. The molecule has 1 unspecified atom stereocenters. The predicted molar refractivity (Wildman–Crippen MR) is 141 cm³/mol. The predicted octanol–water partition coefficient (Wildman–Crippen LogP) is 5.77. The molecule has 2 atom stereocenters. The summed E-state index contributed by atoms with van der Waals surface area (Å²) in [6, 6.07) is 18.2. The third-order valence-corrected chi connectivity index (χ3v) is 7.76. The summed E-state index contributed by atoms with van der Waals surface area (Å²) in [7, 11) is 0. The van der Waals surface area contributed by atoms with Crippen LogP contribution in [-0.2, 0) is 0 Å². The lowest BCUT2D eigenvalue weighted by Crippen LogP contribution is -2.49. The lowest BCUT2D eigenvalue weighted by molar-refractivity contribution is 0.0926. The van der Waals surface area contributed by atoms with Crippen LogP contribution in [0.1, 0.15) is 35.4 Å². The summed E-state index contributed by atoms with van der Waals surface area (Å²) in [5, 5.41) is 6.78. The molecule has 0 saturated heterocycles. The van der Waals surface area contributed by atoms with Gasteiger partial charge in [0.2, 0.25) is 0 Å². The molecule has 3 amide bonds. The zero-order chi connectivity index (χ0) is 24.6. The molecule has 1 aliphatic carbocycles. The van der Waals surface area contributed by atoms with Crippen LogP contribution in [0.15, 0.2) is 66.9 Å². The number of nitrogens with one attached hydrogen (secondary N) is 2. The molecule has 3 heterocycles. The highest BCUT2D eigenvalue weighted by Crippen LogP contribution is 2.46. The van der Waals surface area contributed by atoms with Crippen LogP contribution < -0.4 is 26.0 Å². The Balaban J connectivity index is 1.31. The van der Waals surface area contributed by atoms with Crippen molar-refractivity contribution in [2.75, 3.05) is 10.2 Å². The fourth-order valence-electron chi connectivity index (χ4n) is 4.86. The van der Waals surface area contributed by atoms with Gasteiger partial charge >= 0.3 is 6.03 Å². The first kappa shape index (κ1) is 22.5. The van der Waals surface area contributed by atoms with Gasteiger partial charge in [0.1, 0.15) is 21.2 Å². The molecule has 1 aliphatic heterocycles. The molecule has 6 rings (SSSR count). The van der Waals surface area contributed by atoms with Gasteiger partial charge in [0.25, 0.3) is 5.91 Å². The molecule has 8 nitrogen and oxygen atoms in total. The molecular formula is C27H25N5O3S. The molecule has 2 aliphatic rings. The van der Waals surface area contributed by atoms with Gasteiger partial charge in [0.05, 0.1) is 22.4 Å². The zero-order valence-electron chi connectivity index (χ0n) is 19.4. The number of amides is 3. The Morgan fingerprint density at radius 3 is 2.58 bits per heavy atom. The minimum Gasteiger partial charge on any atom is -0.457 e. The summed E-state index contributed by atoms with van der Waals surface area (Å²) in [6.07, 6.45) is 5.55. The van der Waals surface area contributed by atoms with Crippen molar-refractivity contribution in [1.82, 2.24) is 10.3 Å². The average molecular weight is 500 g/mol. The number of carbonyl (C=O) groups is 2. The molecule has 0 spiro atoms. The molecule has 2 aromatic carbocycles. The third kappa shape index (κ3) is 4.06. The molecule has 9 heteroatoms. The van der Waals surface area contributed by atoms with Gasteiger partial charge in [-0.25, -0.2) is 9.78 Å². The molecule has 1 saturated carbocycles. The quantitative estimate of drug-likeness (QED) is 0.323. The number of hydrogen-bond donors (Lipinski definition) is 3. The van der Waals surface area contributed by atoms with Crippen LogP contribution in [-0.4, -0.2) is 29.0 Å². The zero-order valence-corrected chi connectivity index (χ0v) is 20.3. The maximum Gasteiger partial charge on any atom is 0.331 e. The van der Waals surface area contributed by atoms with Gasteiger partial charge in [0.15, 0.2) is 0 Å². The van der Waals surface area contributed by atoms with Crippen LogP contribution >= 0.6 is 11.3 Å². The van der Waals surface area contributed by atoms with E-state index in [0.717, 1.165) is 36.8 Å². The van der Waals surface area contributed by atoms with E-state index in [4.69, 9.17) is 10.5 Å². The SMILES string of the molecule is NC1CCCC[C@H]1NC(=O)c1sc2nccc3c2c1NC(=O)N3c1ccc(Oc2ccccc2)cc1. The largest absolute Gasteiger partial charge is 0.457 e. The Morgan fingerprint density at radius 2 is 1.81 bits per heavy atom. The number of ether oxygens (including phenoxy) is 1. The second kappa shape index (κ2) is 9.25. The minimum absolute atomic E-state index is 0.0546. The number of anilines is 3. The van der Waals surface area contributed by atoms with Crippen molar-refractivity contribution in [2.24, 2.45) is 5.73 Å². The fourth-order valence-corrected chi connectivity index (χ4v) is 5.88. The van der Waals surface area contributed by atoms with Gasteiger partial charge < -0.3 is 21.1 Å². The number of aromatic nitrogens is 1. The monoisotopic (exact) mass is 499 g/mol. The number of carbonyl (C=O) groups excluding carboxylic acids is 2. The van der Waals surface area contributed by atoms with E-state index in [2.05, 4.69) is 15.6 Å². The first-order valence-corrected chi connectivity index (χ1v) is 12.8. The number of benzene rings is 2. The highest BCUT2D eigenvalue weighted by Gasteiger charge is 2.33. The van der Waals surface area contributed by atoms with Gasteiger partial charge in [-0.15, -0.1) is 11.3 Å². The third-order valence-electron chi connectivity index (χ3n) is 6.66. The number of thiophene rings is 1. The van der Waals surface area contributed by atoms with Crippen LogP contribution in [0.5, 0.6) is 11.5 Å². The summed E-state index contributed by atoms with van der Waals surface area (Å²) >= 11 is 1.28. The van der Waals surface area contributed by atoms with Crippen molar-refractivity contribution in [2.45, 2.75) is 37.8 Å². The van der Waals surface area contributed by atoms with Crippen LogP contribution in [0.2, 0.25) is 0 Å². The Hall–Kier alpha value is -3.95. The minimum atomic E-state index is -0.339. The van der Waals surface area contributed by atoms with Crippen molar-refractivity contribution in [3.63, 3.8) is 0 Å². The van der Waals surface area contributed by atoms with Crippen molar-refractivity contribution in [3.8, 4) is 11.5 Å². The summed E-state index contributed by atoms with van der Waals surface area (Å²) in [5.74, 6) is 1.18. The van der Waals surface area contributed by atoms with E-state index in [9.17, 15) is 9.59 Å². The Kier molecular flexibility index (Phi) is 5.79. The van der Waals surface area contributed by atoms with E-state index in [0.29, 0.717) is 32.5 Å². The van der Waals surface area contributed by atoms with E-state index >= 15 is 0 Å². The van der Waals surface area contributed by atoms with Gasteiger partial charge in [-0.2, -0.15) is 0 Å². The highest BCUT2D eigenvalue weighted by atomic mass is 32.1. The molecule has 2 aromatic heterocycles. The number of nitrogens with zero attached hydrogens (tertiary/aromatic N) is 2. The van der Waals surface area contributed by atoms with Crippen molar-refractivity contribution in [1.29, 1.82) is 0 Å². The second-order valence-corrected chi connectivity index (χ2v) is 10.0. The maximum absolute atomic E-state index is 13.3. The Morgan fingerprint density at radius 1 is 1.06 bits per heavy atom. The van der Waals surface area contributed by atoms with E-state index < -0.39 is 0 Å². The number of para-hydroxylation sites is 1. The summed E-state index contributed by atoms with van der Waals surface area (Å²) in [5.41, 5.74) is 8.10. The smallest absolute Gasteiger partial charge is 0.331 e. The molecule has 4 N–H and O–H groups in total. The molecule has 0 bridgehead atoms. The second-order valence-electron chi connectivity index (χ2n) is 9.02. The average Bonchev–Trinajstić information content (AvgIpc) is 3.26. The molecule has 0 radical (unpaired) electrons. The van der Waals surface area contributed by atoms with Crippen molar-refractivity contribution in [3.05, 3.63) is 71.7 Å². The summed E-state index contributed by atoms with van der Waals surface area (Å²) < 4.78 is 5.88. The van der Waals surface area contributed by atoms with E-state index in [-0.39, 0.29) is 24.0 Å². The van der Waals surface area contributed by atoms with Crippen LogP contribution in [0, 0.1) is 0 Å². The number of rotatable bonds is 5. The molecule has 1 fully saturated rings. The summed E-state index contributed by atoms with van der Waals surface area (Å²) in [6.45, 7) is 0. The van der Waals surface area contributed by atoms with E-state index in [1.807, 2.05) is 54.6 Å². The Bertz CT molecular complexity index is 1440. The molecule has 4 aromatic rings. The van der Waals surface area contributed by atoms with E-state index in [1.54, 1.807) is 17.2 Å². The topological polar surface area (TPSA) is 110 Å². The first-order valence-electron chi connectivity index (χ1n) is 12.0. The van der Waals surface area contributed by atoms with Gasteiger partial charge in [0, 0.05) is 18.3 Å². The molecular weight excluding hydrogens is 474 g/mol. The standard InChI is InChI=1S/C27H25N5O3S/c28-19-8-4-5-9-20(19)30-25(33)24-23-22-21(14-15-29-26(22)36-24)32(27(34)31-23)16-10-12-18(13-11-16)35-17-6-2-1-3-7-17/h1-3,6-7,10-15,19-20H,4-5,8-9,28H2,(H,30,33)(H,31,34)/t19?,20-/m1/s1. The maximum atomic E-state index is 13.3. The Labute approximate surface area is 212 Å². The number of urea groups is 1.